The van der Waals surface area contributed by atoms with E-state index in [4.69, 9.17) is 4.74 Å². The number of ether oxygens (including phenoxy) is 1. The molecule has 2 aromatic carbocycles. The van der Waals surface area contributed by atoms with Crippen LogP contribution >= 0.6 is 0 Å². The number of rotatable bonds is 4. The highest BCUT2D eigenvalue weighted by Gasteiger charge is 2.17. The predicted octanol–water partition coefficient (Wildman–Crippen LogP) is 2.83. The maximum absolute atomic E-state index is 9.41. The number of para-hydroxylation sites is 1. The van der Waals surface area contributed by atoms with Gasteiger partial charge in [0.05, 0.1) is 6.54 Å². The summed E-state index contributed by atoms with van der Waals surface area (Å²) in [6.07, 6.45) is -0.106. The predicted molar refractivity (Wildman–Crippen MR) is 83.9 cm³/mol. The Morgan fingerprint density at radius 2 is 1.90 bits per heavy atom. The molecule has 4 nitrogen and oxygen atoms in total. The Balaban J connectivity index is 1.87. The average molecular weight is 282 g/mol. The molecule has 0 bridgehead atoms. The van der Waals surface area contributed by atoms with Crippen molar-refractivity contribution < 1.29 is 9.84 Å². The van der Waals surface area contributed by atoms with Gasteiger partial charge >= 0.3 is 0 Å². The van der Waals surface area contributed by atoms with Crippen LogP contribution in [0.5, 0.6) is 11.5 Å². The quantitative estimate of drug-likeness (QED) is 0.906. The molecule has 1 aliphatic rings. The Morgan fingerprint density at radius 3 is 2.62 bits per heavy atom. The van der Waals surface area contributed by atoms with Crippen LogP contribution in [-0.2, 0) is 0 Å². The lowest BCUT2D eigenvalue weighted by Crippen LogP contribution is -2.33. The third kappa shape index (κ3) is 2.99. The smallest absolute Gasteiger partial charge is 0.152 e. The fourth-order valence-corrected chi connectivity index (χ4v) is 2.38. The molecule has 0 saturated carbocycles. The molecule has 1 heterocycles. The fourth-order valence-electron chi connectivity index (χ4n) is 2.38. The van der Waals surface area contributed by atoms with E-state index in [0.29, 0.717) is 0 Å². The molecule has 3 rings (SSSR count). The van der Waals surface area contributed by atoms with Crippen LogP contribution in [0, 0.1) is 0 Å². The molecule has 0 aliphatic carbocycles. The second kappa shape index (κ2) is 5.87. The summed E-state index contributed by atoms with van der Waals surface area (Å²) in [5.74, 6) is 1.97. The molecule has 0 amide bonds. The fraction of sp³-hybridized carbons (Fsp3) is 0.235. The van der Waals surface area contributed by atoms with E-state index >= 15 is 0 Å². The standard InChI is InChI=1S/C17H18N2O2/c1-12(17-18-10-11-19-17)21-16-5-3-2-4-15(16)13-6-8-14(20)9-7-13/h2-9,12,20H,10-11H2,1H3,(H,18,19). The summed E-state index contributed by atoms with van der Waals surface area (Å²) < 4.78 is 6.06. The van der Waals surface area contributed by atoms with Gasteiger partial charge in [0, 0.05) is 12.1 Å². The van der Waals surface area contributed by atoms with Crippen LogP contribution in [-0.4, -0.2) is 30.1 Å². The van der Waals surface area contributed by atoms with Crippen molar-refractivity contribution in [1.82, 2.24) is 5.32 Å². The summed E-state index contributed by atoms with van der Waals surface area (Å²) in [6, 6.07) is 15.0. The van der Waals surface area contributed by atoms with Crippen molar-refractivity contribution in [3.05, 3.63) is 48.5 Å². The molecule has 1 atom stereocenters. The summed E-state index contributed by atoms with van der Waals surface area (Å²) >= 11 is 0. The van der Waals surface area contributed by atoms with Crippen LogP contribution in [0.3, 0.4) is 0 Å². The van der Waals surface area contributed by atoms with Gasteiger partial charge in [0.1, 0.15) is 17.3 Å². The van der Waals surface area contributed by atoms with Crippen molar-refractivity contribution in [2.75, 3.05) is 13.1 Å². The molecule has 21 heavy (non-hydrogen) atoms. The second-order valence-corrected chi connectivity index (χ2v) is 5.00. The van der Waals surface area contributed by atoms with Gasteiger partial charge in [0.15, 0.2) is 6.10 Å². The van der Waals surface area contributed by atoms with E-state index in [-0.39, 0.29) is 11.9 Å². The molecule has 0 aromatic heterocycles. The molecule has 2 N–H and O–H groups in total. The van der Waals surface area contributed by atoms with Crippen molar-refractivity contribution in [2.45, 2.75) is 13.0 Å². The molecule has 0 spiro atoms. The van der Waals surface area contributed by atoms with E-state index < -0.39 is 0 Å². The first-order chi connectivity index (χ1) is 10.2. The molecule has 108 valence electrons. The number of nitrogens with zero attached hydrogens (tertiary/aromatic N) is 1. The van der Waals surface area contributed by atoms with Crippen LogP contribution < -0.4 is 10.1 Å². The van der Waals surface area contributed by atoms with Crippen LogP contribution in [0.1, 0.15) is 6.92 Å². The van der Waals surface area contributed by atoms with Crippen molar-refractivity contribution in [3.8, 4) is 22.6 Å². The molecule has 1 unspecified atom stereocenters. The van der Waals surface area contributed by atoms with Crippen molar-refractivity contribution in [3.63, 3.8) is 0 Å². The highest BCUT2D eigenvalue weighted by atomic mass is 16.5. The lowest BCUT2D eigenvalue weighted by Gasteiger charge is -2.18. The molecule has 1 aliphatic heterocycles. The number of phenolic OH excluding ortho intramolecular Hbond substituents is 1. The first-order valence-electron chi connectivity index (χ1n) is 7.07. The van der Waals surface area contributed by atoms with E-state index in [0.717, 1.165) is 35.8 Å². The van der Waals surface area contributed by atoms with Gasteiger partial charge < -0.3 is 15.2 Å². The van der Waals surface area contributed by atoms with Gasteiger partial charge in [-0.05, 0) is 30.7 Å². The molecule has 0 fully saturated rings. The molecule has 0 saturated heterocycles. The Morgan fingerprint density at radius 1 is 1.14 bits per heavy atom. The number of nitrogens with one attached hydrogen (secondary N) is 1. The number of hydrogen-bond donors (Lipinski definition) is 2. The molecule has 0 radical (unpaired) electrons. The van der Waals surface area contributed by atoms with E-state index in [9.17, 15) is 5.11 Å². The number of phenols is 1. The van der Waals surface area contributed by atoms with Gasteiger partial charge in [-0.2, -0.15) is 0 Å². The summed E-state index contributed by atoms with van der Waals surface area (Å²) in [4.78, 5) is 4.39. The first kappa shape index (κ1) is 13.5. The highest BCUT2D eigenvalue weighted by molar-refractivity contribution is 5.88. The minimum absolute atomic E-state index is 0.106. The van der Waals surface area contributed by atoms with Gasteiger partial charge in [0.25, 0.3) is 0 Å². The van der Waals surface area contributed by atoms with Crippen molar-refractivity contribution in [2.24, 2.45) is 4.99 Å². The Hall–Kier alpha value is -2.49. The number of amidine groups is 1. The SMILES string of the molecule is CC(Oc1ccccc1-c1ccc(O)cc1)C1=NCCN1. The Kier molecular flexibility index (Phi) is 3.77. The molecule has 4 heteroatoms. The summed E-state index contributed by atoms with van der Waals surface area (Å²) in [5.41, 5.74) is 2.01. The first-order valence-corrected chi connectivity index (χ1v) is 7.07. The van der Waals surface area contributed by atoms with Crippen LogP contribution in [0.2, 0.25) is 0 Å². The lowest BCUT2D eigenvalue weighted by atomic mass is 10.0. The molecular formula is C17H18N2O2. The number of hydrogen-bond acceptors (Lipinski definition) is 4. The molecule has 2 aromatic rings. The topological polar surface area (TPSA) is 53.9 Å². The third-order valence-corrected chi connectivity index (χ3v) is 3.45. The van der Waals surface area contributed by atoms with E-state index in [1.807, 2.05) is 43.3 Å². The van der Waals surface area contributed by atoms with Gasteiger partial charge in [0.2, 0.25) is 0 Å². The van der Waals surface area contributed by atoms with Crippen LogP contribution in [0.25, 0.3) is 11.1 Å². The highest BCUT2D eigenvalue weighted by Crippen LogP contribution is 2.31. The van der Waals surface area contributed by atoms with E-state index in [2.05, 4.69) is 10.3 Å². The van der Waals surface area contributed by atoms with E-state index in [1.165, 1.54) is 0 Å². The van der Waals surface area contributed by atoms with Crippen molar-refractivity contribution >= 4 is 5.84 Å². The van der Waals surface area contributed by atoms with Gasteiger partial charge in [-0.15, -0.1) is 0 Å². The summed E-state index contributed by atoms with van der Waals surface area (Å²) in [7, 11) is 0. The van der Waals surface area contributed by atoms with Crippen molar-refractivity contribution in [1.29, 1.82) is 0 Å². The maximum Gasteiger partial charge on any atom is 0.152 e. The lowest BCUT2D eigenvalue weighted by molar-refractivity contribution is 0.285. The maximum atomic E-state index is 9.41. The zero-order chi connectivity index (χ0) is 14.7. The Bertz CT molecular complexity index is 650. The van der Waals surface area contributed by atoms with Gasteiger partial charge in [-0.25, -0.2) is 0 Å². The zero-order valence-corrected chi connectivity index (χ0v) is 11.9. The number of aliphatic imine (C=N–C) groups is 1. The van der Waals surface area contributed by atoms with E-state index in [1.54, 1.807) is 12.1 Å². The monoisotopic (exact) mass is 282 g/mol. The minimum atomic E-state index is -0.106. The zero-order valence-electron chi connectivity index (χ0n) is 11.9. The summed E-state index contributed by atoms with van der Waals surface area (Å²) in [5, 5.41) is 12.6. The van der Waals surface area contributed by atoms with Gasteiger partial charge in [-0.3, -0.25) is 4.99 Å². The normalized spacial score (nSPS) is 15.2. The minimum Gasteiger partial charge on any atom is -0.508 e. The van der Waals surface area contributed by atoms with Gasteiger partial charge in [-0.1, -0.05) is 30.3 Å². The van der Waals surface area contributed by atoms with Crippen LogP contribution in [0.4, 0.5) is 0 Å². The molecular weight excluding hydrogens is 264 g/mol. The second-order valence-electron chi connectivity index (χ2n) is 5.00. The largest absolute Gasteiger partial charge is 0.508 e. The third-order valence-electron chi connectivity index (χ3n) is 3.45. The Labute approximate surface area is 124 Å². The average Bonchev–Trinajstić information content (AvgIpc) is 3.03. The number of aromatic hydroxyl groups is 1. The number of benzene rings is 2. The summed E-state index contributed by atoms with van der Waals surface area (Å²) in [6.45, 7) is 3.68. The van der Waals surface area contributed by atoms with Crippen LogP contribution in [0.15, 0.2) is 53.5 Å².